The smallest absolute Gasteiger partial charge is 0.204 e. The fourth-order valence-electron chi connectivity index (χ4n) is 1.48. The van der Waals surface area contributed by atoms with Crippen LogP contribution in [0.5, 0.6) is 0 Å². The van der Waals surface area contributed by atoms with E-state index in [0.717, 1.165) is 18.5 Å². The average Bonchev–Trinajstić information content (AvgIpc) is 2.79. The van der Waals surface area contributed by atoms with E-state index in [1.54, 1.807) is 4.80 Å². The highest BCUT2D eigenvalue weighted by Gasteiger charge is 2.04. The van der Waals surface area contributed by atoms with Crippen molar-refractivity contribution in [1.82, 2.24) is 20.2 Å². The van der Waals surface area contributed by atoms with Gasteiger partial charge in [-0.25, -0.2) is 0 Å². The summed E-state index contributed by atoms with van der Waals surface area (Å²) in [7, 11) is 0. The second-order valence-electron chi connectivity index (χ2n) is 3.54. The maximum absolute atomic E-state index is 5.49. The first-order chi connectivity index (χ1) is 7.83. The van der Waals surface area contributed by atoms with Crippen molar-refractivity contribution in [3.05, 3.63) is 29.8 Å². The predicted molar refractivity (Wildman–Crippen MR) is 61.7 cm³/mol. The van der Waals surface area contributed by atoms with Crippen molar-refractivity contribution in [1.29, 1.82) is 0 Å². The van der Waals surface area contributed by atoms with Gasteiger partial charge in [0.2, 0.25) is 5.82 Å². The monoisotopic (exact) mass is 217 g/mol. The standard InChI is InChI=1S/C11H15N5/c1-2-16-14-11(13-15-16)10-5-3-9(4-6-10)7-8-12/h3-6H,2,7-8,12H2,1H3. The summed E-state index contributed by atoms with van der Waals surface area (Å²) in [6, 6.07) is 8.10. The van der Waals surface area contributed by atoms with Crippen LogP contribution >= 0.6 is 0 Å². The number of tetrazole rings is 1. The second-order valence-corrected chi connectivity index (χ2v) is 3.54. The molecule has 16 heavy (non-hydrogen) atoms. The molecule has 1 heterocycles. The van der Waals surface area contributed by atoms with Crippen molar-refractivity contribution < 1.29 is 0 Å². The molecular formula is C11H15N5. The molecule has 0 atom stereocenters. The van der Waals surface area contributed by atoms with Gasteiger partial charge in [-0.05, 0) is 30.7 Å². The molecule has 0 saturated carbocycles. The van der Waals surface area contributed by atoms with E-state index < -0.39 is 0 Å². The summed E-state index contributed by atoms with van der Waals surface area (Å²) in [5.41, 5.74) is 7.71. The first kappa shape index (κ1) is 10.8. The minimum Gasteiger partial charge on any atom is -0.330 e. The van der Waals surface area contributed by atoms with Gasteiger partial charge in [0, 0.05) is 5.56 Å². The summed E-state index contributed by atoms with van der Waals surface area (Å²) < 4.78 is 0. The largest absolute Gasteiger partial charge is 0.330 e. The highest BCUT2D eigenvalue weighted by Crippen LogP contribution is 2.14. The lowest BCUT2D eigenvalue weighted by molar-refractivity contribution is 0.553. The SMILES string of the molecule is CCn1nnc(-c2ccc(CCN)cc2)n1. The van der Waals surface area contributed by atoms with Crippen LogP contribution < -0.4 is 5.73 Å². The van der Waals surface area contributed by atoms with Gasteiger partial charge < -0.3 is 5.73 Å². The van der Waals surface area contributed by atoms with Crippen LogP contribution in [0.4, 0.5) is 0 Å². The molecule has 0 aliphatic rings. The molecule has 0 fully saturated rings. The third-order valence-electron chi connectivity index (χ3n) is 2.38. The van der Waals surface area contributed by atoms with E-state index in [4.69, 9.17) is 5.73 Å². The van der Waals surface area contributed by atoms with Gasteiger partial charge in [-0.1, -0.05) is 24.3 Å². The number of nitrogens with two attached hydrogens (primary N) is 1. The zero-order valence-corrected chi connectivity index (χ0v) is 9.30. The van der Waals surface area contributed by atoms with Gasteiger partial charge in [-0.15, -0.1) is 10.2 Å². The lowest BCUT2D eigenvalue weighted by Crippen LogP contribution is -2.02. The molecule has 0 spiro atoms. The molecule has 5 heteroatoms. The molecule has 0 aliphatic carbocycles. The van der Waals surface area contributed by atoms with Crippen LogP contribution in [0.15, 0.2) is 24.3 Å². The van der Waals surface area contributed by atoms with E-state index >= 15 is 0 Å². The number of aryl methyl sites for hydroxylation is 1. The molecule has 84 valence electrons. The molecule has 2 aromatic rings. The average molecular weight is 217 g/mol. The van der Waals surface area contributed by atoms with Crippen LogP contribution in [0, 0.1) is 0 Å². The fraction of sp³-hybridized carbons (Fsp3) is 0.364. The Morgan fingerprint density at radius 3 is 2.56 bits per heavy atom. The van der Waals surface area contributed by atoms with Gasteiger partial charge in [0.05, 0.1) is 6.54 Å². The Kier molecular flexibility index (Phi) is 3.26. The first-order valence-electron chi connectivity index (χ1n) is 5.40. The summed E-state index contributed by atoms with van der Waals surface area (Å²) in [4.78, 5) is 1.57. The van der Waals surface area contributed by atoms with Crippen molar-refractivity contribution >= 4 is 0 Å². The van der Waals surface area contributed by atoms with Gasteiger partial charge >= 0.3 is 0 Å². The van der Waals surface area contributed by atoms with Crippen molar-refractivity contribution in [2.75, 3.05) is 6.54 Å². The van der Waals surface area contributed by atoms with E-state index in [1.807, 2.05) is 19.1 Å². The molecule has 1 aromatic heterocycles. The first-order valence-corrected chi connectivity index (χ1v) is 5.40. The minimum atomic E-state index is 0.668. The zero-order chi connectivity index (χ0) is 11.4. The van der Waals surface area contributed by atoms with Crippen LogP contribution in [0.2, 0.25) is 0 Å². The maximum Gasteiger partial charge on any atom is 0.204 e. The van der Waals surface area contributed by atoms with E-state index in [9.17, 15) is 0 Å². The third kappa shape index (κ3) is 2.25. The Labute approximate surface area is 94.3 Å². The van der Waals surface area contributed by atoms with E-state index in [1.165, 1.54) is 5.56 Å². The van der Waals surface area contributed by atoms with Crippen LogP contribution in [-0.2, 0) is 13.0 Å². The van der Waals surface area contributed by atoms with E-state index in [-0.39, 0.29) is 0 Å². The molecule has 2 N–H and O–H groups in total. The second kappa shape index (κ2) is 4.85. The van der Waals surface area contributed by atoms with Crippen LogP contribution in [0.1, 0.15) is 12.5 Å². The fourth-order valence-corrected chi connectivity index (χ4v) is 1.48. The molecule has 0 radical (unpaired) electrons. The summed E-state index contributed by atoms with van der Waals surface area (Å²) in [6.07, 6.45) is 0.898. The highest BCUT2D eigenvalue weighted by molar-refractivity contribution is 5.54. The van der Waals surface area contributed by atoms with Gasteiger partial charge in [0.25, 0.3) is 0 Å². The lowest BCUT2D eigenvalue weighted by Gasteiger charge is -1.99. The Bertz CT molecular complexity index is 446. The van der Waals surface area contributed by atoms with Crippen LogP contribution in [0.25, 0.3) is 11.4 Å². The summed E-state index contributed by atoms with van der Waals surface area (Å²) in [5.74, 6) is 0.668. The Balaban J connectivity index is 2.20. The number of hydrogen-bond acceptors (Lipinski definition) is 4. The zero-order valence-electron chi connectivity index (χ0n) is 9.30. The molecule has 0 unspecified atom stereocenters. The molecule has 1 aromatic carbocycles. The maximum atomic E-state index is 5.49. The molecule has 2 rings (SSSR count). The van der Waals surface area contributed by atoms with Crippen molar-refractivity contribution in [2.24, 2.45) is 5.73 Å². The molecule has 0 saturated heterocycles. The molecule has 0 aliphatic heterocycles. The summed E-state index contributed by atoms with van der Waals surface area (Å²) in [5, 5.41) is 12.2. The molecule has 5 nitrogen and oxygen atoms in total. The quantitative estimate of drug-likeness (QED) is 0.824. The Morgan fingerprint density at radius 2 is 2.00 bits per heavy atom. The van der Waals surface area contributed by atoms with E-state index in [2.05, 4.69) is 27.5 Å². The third-order valence-corrected chi connectivity index (χ3v) is 2.38. The summed E-state index contributed by atoms with van der Waals surface area (Å²) >= 11 is 0. The number of nitrogens with zero attached hydrogens (tertiary/aromatic N) is 4. The highest BCUT2D eigenvalue weighted by atomic mass is 15.6. The lowest BCUT2D eigenvalue weighted by atomic mass is 10.1. The minimum absolute atomic E-state index is 0.668. The van der Waals surface area contributed by atoms with Crippen molar-refractivity contribution in [3.8, 4) is 11.4 Å². The van der Waals surface area contributed by atoms with Gasteiger partial charge in [0.15, 0.2) is 0 Å². The van der Waals surface area contributed by atoms with Crippen molar-refractivity contribution in [3.63, 3.8) is 0 Å². The molecule has 0 amide bonds. The Hall–Kier alpha value is -1.75. The van der Waals surface area contributed by atoms with Gasteiger partial charge in [-0.3, -0.25) is 0 Å². The van der Waals surface area contributed by atoms with Crippen LogP contribution in [-0.4, -0.2) is 26.8 Å². The predicted octanol–water partition coefficient (Wildman–Crippen LogP) is 0.861. The van der Waals surface area contributed by atoms with Gasteiger partial charge in [0.1, 0.15) is 0 Å². The molecular weight excluding hydrogens is 202 g/mol. The molecule has 0 bridgehead atoms. The van der Waals surface area contributed by atoms with Gasteiger partial charge in [-0.2, -0.15) is 4.80 Å². The normalized spacial score (nSPS) is 10.6. The topological polar surface area (TPSA) is 69.6 Å². The number of rotatable bonds is 4. The number of hydrogen-bond donors (Lipinski definition) is 1. The Morgan fingerprint density at radius 1 is 1.25 bits per heavy atom. The van der Waals surface area contributed by atoms with Crippen LogP contribution in [0.3, 0.4) is 0 Å². The summed E-state index contributed by atoms with van der Waals surface area (Å²) in [6.45, 7) is 3.39. The number of aromatic nitrogens is 4. The van der Waals surface area contributed by atoms with E-state index in [0.29, 0.717) is 12.4 Å². The number of benzene rings is 1. The van der Waals surface area contributed by atoms with Crippen molar-refractivity contribution in [2.45, 2.75) is 19.9 Å².